The third-order valence-electron chi connectivity index (χ3n) is 5.86. The van der Waals surface area contributed by atoms with Gasteiger partial charge in [0.25, 0.3) is 11.8 Å². The standard InChI is InChI=1S/C26H22NO4S2.BF4/c28-25-19-11-3-4-12-20(19)26(29)27(25)17-9-1-2-10-18-32-21-13-5-7-15-23(21)33(30,31)24-16-8-6-14-22(24)32;2-1(3,4)5/h3-8,10-16,18H,1-2,9,17H2;/q+1;-1/b18-10+;. The molecule has 12 heteroatoms. The molecular formula is C26H22BF4NO4S2. The lowest BCUT2D eigenvalue weighted by Crippen LogP contribution is -2.30. The molecule has 3 aromatic carbocycles. The molecule has 0 aliphatic carbocycles. The average molecular weight is 563 g/mol. The summed E-state index contributed by atoms with van der Waals surface area (Å²) in [6, 6.07) is 21.3. The molecule has 0 bridgehead atoms. The third kappa shape index (κ3) is 5.86. The second-order valence-corrected chi connectivity index (χ2v) is 12.1. The molecule has 0 saturated heterocycles. The van der Waals surface area contributed by atoms with Crippen molar-refractivity contribution < 1.29 is 35.3 Å². The van der Waals surface area contributed by atoms with Gasteiger partial charge in [-0.3, -0.25) is 14.5 Å². The van der Waals surface area contributed by atoms with Crippen LogP contribution < -0.4 is 0 Å². The summed E-state index contributed by atoms with van der Waals surface area (Å²) in [5.74, 6) is -0.437. The van der Waals surface area contributed by atoms with Crippen LogP contribution in [0.3, 0.4) is 0 Å². The highest BCUT2D eigenvalue weighted by Gasteiger charge is 2.42. The number of benzene rings is 3. The molecule has 5 nitrogen and oxygen atoms in total. The lowest BCUT2D eigenvalue weighted by atomic mass is 10.1. The zero-order valence-corrected chi connectivity index (χ0v) is 21.5. The first-order valence-corrected chi connectivity index (χ1v) is 14.4. The Hall–Kier alpha value is -3.38. The Morgan fingerprint density at radius 2 is 1.18 bits per heavy atom. The fourth-order valence-electron chi connectivity index (χ4n) is 4.23. The minimum Gasteiger partial charge on any atom is -0.418 e. The maximum atomic E-state index is 13.0. The number of hydrogen-bond acceptors (Lipinski definition) is 4. The van der Waals surface area contributed by atoms with E-state index in [0.29, 0.717) is 33.9 Å². The van der Waals surface area contributed by atoms with Crippen molar-refractivity contribution in [2.75, 3.05) is 6.54 Å². The second-order valence-electron chi connectivity index (χ2n) is 8.40. The summed E-state index contributed by atoms with van der Waals surface area (Å²) in [4.78, 5) is 28.6. The van der Waals surface area contributed by atoms with Gasteiger partial charge in [-0.25, -0.2) is 8.42 Å². The number of fused-ring (bicyclic) bond motifs is 3. The van der Waals surface area contributed by atoms with Crippen molar-refractivity contribution in [1.29, 1.82) is 0 Å². The normalized spacial score (nSPS) is 16.1. The van der Waals surface area contributed by atoms with E-state index >= 15 is 0 Å². The number of allylic oxidation sites excluding steroid dienone is 1. The predicted molar refractivity (Wildman–Crippen MR) is 137 cm³/mol. The summed E-state index contributed by atoms with van der Waals surface area (Å²) in [5, 5.41) is 2.09. The molecule has 0 N–H and O–H groups in total. The van der Waals surface area contributed by atoms with E-state index in [4.69, 9.17) is 0 Å². The number of carbonyl (C=O) groups is 2. The molecule has 0 saturated carbocycles. The lowest BCUT2D eigenvalue weighted by molar-refractivity contribution is 0.0651. The molecule has 0 fully saturated rings. The molecule has 0 aromatic heterocycles. The molecule has 2 aliphatic heterocycles. The van der Waals surface area contributed by atoms with E-state index in [1.54, 1.807) is 48.5 Å². The van der Waals surface area contributed by atoms with Gasteiger partial charge in [0.2, 0.25) is 9.84 Å². The summed E-state index contributed by atoms with van der Waals surface area (Å²) in [7, 11) is -9.98. The van der Waals surface area contributed by atoms with Crippen molar-refractivity contribution in [2.45, 2.75) is 38.8 Å². The molecule has 3 aromatic rings. The minimum atomic E-state index is -6.00. The number of amides is 2. The maximum absolute atomic E-state index is 13.0. The maximum Gasteiger partial charge on any atom is 0.673 e. The molecule has 2 aliphatic rings. The Morgan fingerprint density at radius 3 is 1.68 bits per heavy atom. The van der Waals surface area contributed by atoms with E-state index in [-0.39, 0.29) is 11.8 Å². The van der Waals surface area contributed by atoms with Crippen LogP contribution in [0, 0.1) is 0 Å². The Bertz CT molecular complexity index is 1410. The van der Waals surface area contributed by atoms with Gasteiger partial charge in [0.15, 0.2) is 9.79 Å². The molecule has 2 heterocycles. The van der Waals surface area contributed by atoms with Gasteiger partial charge in [0, 0.05) is 6.54 Å². The van der Waals surface area contributed by atoms with Crippen molar-refractivity contribution in [1.82, 2.24) is 4.90 Å². The van der Waals surface area contributed by atoms with Crippen LogP contribution >= 0.6 is 0 Å². The van der Waals surface area contributed by atoms with Crippen molar-refractivity contribution in [3.8, 4) is 0 Å². The van der Waals surface area contributed by atoms with E-state index in [0.717, 1.165) is 22.6 Å². The van der Waals surface area contributed by atoms with E-state index in [1.807, 2.05) is 24.3 Å². The SMILES string of the molecule is F[B-](F)(F)F.O=C1c2ccccc2C(=O)N1CCCC/C=C/[S+]1c2ccccc2S(=O)(=O)c2ccccc21. The van der Waals surface area contributed by atoms with Gasteiger partial charge in [-0.15, -0.1) is 0 Å². The lowest BCUT2D eigenvalue weighted by Gasteiger charge is -2.17. The van der Waals surface area contributed by atoms with Gasteiger partial charge in [0.1, 0.15) is 15.2 Å². The van der Waals surface area contributed by atoms with Gasteiger partial charge in [-0.1, -0.05) is 36.4 Å². The molecule has 2 amide bonds. The Kier molecular flexibility index (Phi) is 8.12. The minimum absolute atomic E-state index is 0.218. The van der Waals surface area contributed by atoms with Crippen LogP contribution in [-0.2, 0) is 20.7 Å². The molecule has 0 unspecified atom stereocenters. The summed E-state index contributed by atoms with van der Waals surface area (Å²) >= 11 is 0. The first-order chi connectivity index (χ1) is 18.0. The highest BCUT2D eigenvalue weighted by Crippen LogP contribution is 2.41. The molecule has 198 valence electrons. The average Bonchev–Trinajstić information content (AvgIpc) is 3.12. The second kappa shape index (κ2) is 11.2. The monoisotopic (exact) mass is 563 g/mol. The highest BCUT2D eigenvalue weighted by molar-refractivity contribution is 8.02. The molecule has 0 radical (unpaired) electrons. The van der Waals surface area contributed by atoms with Crippen LogP contribution in [0.2, 0.25) is 0 Å². The molecule has 0 atom stereocenters. The number of imide groups is 1. The van der Waals surface area contributed by atoms with E-state index in [1.165, 1.54) is 4.90 Å². The van der Waals surface area contributed by atoms with E-state index in [9.17, 15) is 35.3 Å². The Labute approximate surface area is 220 Å². The number of hydrogen-bond donors (Lipinski definition) is 0. The fraction of sp³-hybridized carbons (Fsp3) is 0.154. The van der Waals surface area contributed by atoms with Crippen LogP contribution in [-0.4, -0.2) is 38.9 Å². The topological polar surface area (TPSA) is 71.5 Å². The van der Waals surface area contributed by atoms with Crippen molar-refractivity contribution >= 4 is 39.8 Å². The van der Waals surface area contributed by atoms with Gasteiger partial charge in [-0.05, 0) is 61.7 Å². The van der Waals surface area contributed by atoms with Gasteiger partial charge in [-0.2, -0.15) is 0 Å². The largest absolute Gasteiger partial charge is 0.673 e. The fourth-order valence-corrected chi connectivity index (χ4v) is 8.72. The van der Waals surface area contributed by atoms with Gasteiger partial charge < -0.3 is 17.3 Å². The summed E-state index contributed by atoms with van der Waals surface area (Å²) in [6.45, 7) is 0.399. The summed E-state index contributed by atoms with van der Waals surface area (Å²) < 4.78 is 65.1. The Morgan fingerprint density at radius 1 is 0.737 bits per heavy atom. The Balaban J connectivity index is 0.000000617. The number of sulfone groups is 1. The third-order valence-corrected chi connectivity index (χ3v) is 10.1. The van der Waals surface area contributed by atoms with Crippen LogP contribution in [0.25, 0.3) is 0 Å². The number of carbonyl (C=O) groups excluding carboxylic acids is 2. The molecule has 5 rings (SSSR count). The zero-order chi connectivity index (χ0) is 27.5. The summed E-state index contributed by atoms with van der Waals surface area (Å²) in [5.41, 5.74) is 0.960. The van der Waals surface area contributed by atoms with Crippen LogP contribution in [0.1, 0.15) is 40.0 Å². The van der Waals surface area contributed by atoms with Gasteiger partial charge in [0.05, 0.1) is 22.0 Å². The number of unbranched alkanes of at least 4 members (excludes halogenated alkanes) is 2. The number of halogens is 4. The summed E-state index contributed by atoms with van der Waals surface area (Å²) in [6.07, 6.45) is 4.40. The zero-order valence-electron chi connectivity index (χ0n) is 19.9. The molecule has 38 heavy (non-hydrogen) atoms. The molecular weight excluding hydrogens is 541 g/mol. The predicted octanol–water partition coefficient (Wildman–Crippen LogP) is 6.15. The molecule has 0 spiro atoms. The van der Waals surface area contributed by atoms with E-state index < -0.39 is 28.0 Å². The van der Waals surface area contributed by atoms with Crippen LogP contribution in [0.15, 0.2) is 104 Å². The van der Waals surface area contributed by atoms with Crippen molar-refractivity contribution in [2.24, 2.45) is 0 Å². The first-order valence-electron chi connectivity index (χ1n) is 11.7. The quantitative estimate of drug-likeness (QED) is 0.119. The first kappa shape index (κ1) is 27.7. The van der Waals surface area contributed by atoms with E-state index in [2.05, 4.69) is 11.5 Å². The smallest absolute Gasteiger partial charge is 0.418 e. The van der Waals surface area contributed by atoms with Crippen molar-refractivity contribution in [3.05, 3.63) is 95.4 Å². The van der Waals surface area contributed by atoms with Crippen molar-refractivity contribution in [3.63, 3.8) is 0 Å². The van der Waals surface area contributed by atoms with Gasteiger partial charge >= 0.3 is 7.25 Å². The number of rotatable bonds is 6. The van der Waals surface area contributed by atoms with Crippen LogP contribution in [0.5, 0.6) is 0 Å². The van der Waals surface area contributed by atoms with Crippen LogP contribution in [0.4, 0.5) is 17.3 Å². The highest BCUT2D eigenvalue weighted by atomic mass is 32.2. The number of nitrogens with zero attached hydrogens (tertiary/aromatic N) is 1.